The molecule has 0 atom stereocenters. The average molecular weight is 265 g/mol. The molecule has 0 unspecified atom stereocenters. The van der Waals surface area contributed by atoms with Crippen molar-refractivity contribution in [3.63, 3.8) is 0 Å². The molecule has 0 amide bonds. The van der Waals surface area contributed by atoms with Gasteiger partial charge in [0.05, 0.1) is 0 Å². The number of rotatable bonds is 4. The summed E-state index contributed by atoms with van der Waals surface area (Å²) in [7, 11) is 0. The minimum Gasteiger partial charge on any atom is -0.294 e. The third kappa shape index (κ3) is 5.73. The van der Waals surface area contributed by atoms with Crippen LogP contribution in [0.15, 0.2) is 24.3 Å². The van der Waals surface area contributed by atoms with Gasteiger partial charge in [-0.15, -0.1) is 0 Å². The maximum absolute atomic E-state index is 13.8. The second-order valence-corrected chi connectivity index (χ2v) is 7.49. The van der Waals surface area contributed by atoms with Crippen molar-refractivity contribution in [1.29, 1.82) is 0 Å². The zero-order valence-corrected chi connectivity index (χ0v) is 13.3. The van der Waals surface area contributed by atoms with Gasteiger partial charge in [0.25, 0.3) is 0 Å². The molecule has 0 aliphatic carbocycles. The largest absolute Gasteiger partial charge is 0.294 e. The summed E-state index contributed by atoms with van der Waals surface area (Å²) in [6.45, 7) is 15.0. The molecule has 0 aromatic heterocycles. The van der Waals surface area contributed by atoms with E-state index in [1.54, 1.807) is 12.1 Å². The zero-order chi connectivity index (χ0) is 14.7. The second-order valence-electron chi connectivity index (χ2n) is 7.49. The molecule has 0 radical (unpaired) electrons. The Kier molecular flexibility index (Phi) is 5.14. The Morgan fingerprint density at radius 3 is 2.05 bits per heavy atom. The van der Waals surface area contributed by atoms with Crippen molar-refractivity contribution >= 4 is 0 Å². The first kappa shape index (κ1) is 16.2. The van der Waals surface area contributed by atoms with E-state index in [0.717, 1.165) is 18.5 Å². The Bertz CT molecular complexity index is 398. The molecule has 0 bridgehead atoms. The normalized spacial score (nSPS) is 13.1. The van der Waals surface area contributed by atoms with Gasteiger partial charge >= 0.3 is 0 Å². The molecule has 1 rings (SSSR count). The average Bonchev–Trinajstić information content (AvgIpc) is 2.23. The highest BCUT2D eigenvalue weighted by Gasteiger charge is 2.24. The van der Waals surface area contributed by atoms with E-state index in [9.17, 15) is 4.39 Å². The van der Waals surface area contributed by atoms with E-state index in [2.05, 4.69) is 46.4 Å². The summed E-state index contributed by atoms with van der Waals surface area (Å²) in [6.07, 6.45) is 1.11. The summed E-state index contributed by atoms with van der Waals surface area (Å²) in [5, 5.41) is 0. The van der Waals surface area contributed by atoms with E-state index >= 15 is 0 Å². The highest BCUT2D eigenvalue weighted by Crippen LogP contribution is 2.24. The van der Waals surface area contributed by atoms with Gasteiger partial charge in [0.15, 0.2) is 0 Å². The molecule has 0 saturated heterocycles. The van der Waals surface area contributed by atoms with Crippen LogP contribution in [0.5, 0.6) is 0 Å². The Balaban J connectivity index is 2.79. The van der Waals surface area contributed by atoms with Crippen LogP contribution in [0.25, 0.3) is 0 Å². The van der Waals surface area contributed by atoms with Crippen molar-refractivity contribution in [3.8, 4) is 0 Å². The second kappa shape index (κ2) is 6.04. The lowest BCUT2D eigenvalue weighted by Gasteiger charge is -2.37. The van der Waals surface area contributed by atoms with Gasteiger partial charge in [-0.2, -0.15) is 0 Å². The maximum Gasteiger partial charge on any atom is 0.127 e. The van der Waals surface area contributed by atoms with Crippen molar-refractivity contribution in [2.24, 2.45) is 5.41 Å². The number of hydrogen-bond acceptors (Lipinski definition) is 1. The monoisotopic (exact) mass is 265 g/mol. The van der Waals surface area contributed by atoms with E-state index < -0.39 is 0 Å². The van der Waals surface area contributed by atoms with E-state index in [1.165, 1.54) is 0 Å². The molecule has 1 aromatic carbocycles. The van der Waals surface area contributed by atoms with Crippen LogP contribution in [0.2, 0.25) is 0 Å². The Morgan fingerprint density at radius 1 is 1.00 bits per heavy atom. The number of halogens is 1. The van der Waals surface area contributed by atoms with Crippen LogP contribution in [0.4, 0.5) is 4.39 Å². The summed E-state index contributed by atoms with van der Waals surface area (Å²) < 4.78 is 13.8. The first-order valence-electron chi connectivity index (χ1n) is 7.08. The summed E-state index contributed by atoms with van der Waals surface area (Å²) >= 11 is 0. The predicted molar refractivity (Wildman–Crippen MR) is 80.6 cm³/mol. The first-order chi connectivity index (χ1) is 8.59. The minimum absolute atomic E-state index is 0.0491. The lowest BCUT2D eigenvalue weighted by molar-refractivity contribution is 0.109. The molecule has 0 aliphatic heterocycles. The third-order valence-corrected chi connectivity index (χ3v) is 3.40. The molecule has 0 N–H and O–H groups in total. The Hall–Kier alpha value is -0.890. The van der Waals surface area contributed by atoms with Crippen LogP contribution in [0, 0.1) is 11.2 Å². The molecule has 0 spiro atoms. The lowest BCUT2D eigenvalue weighted by atomic mass is 9.91. The standard InChI is InChI=1S/C17H28FN/c1-16(2,3)11-12-19(17(4,5)6)13-14-9-7-8-10-15(14)18/h7-10H,11-13H2,1-6H3. The van der Waals surface area contributed by atoms with Crippen LogP contribution in [-0.4, -0.2) is 17.0 Å². The van der Waals surface area contributed by atoms with E-state index in [-0.39, 0.29) is 11.4 Å². The fourth-order valence-electron chi connectivity index (χ4n) is 1.95. The van der Waals surface area contributed by atoms with Crippen molar-refractivity contribution in [1.82, 2.24) is 4.90 Å². The van der Waals surface area contributed by atoms with Crippen LogP contribution >= 0.6 is 0 Å². The van der Waals surface area contributed by atoms with Gasteiger partial charge in [0.2, 0.25) is 0 Å². The van der Waals surface area contributed by atoms with Gasteiger partial charge < -0.3 is 0 Å². The van der Waals surface area contributed by atoms with E-state index in [1.807, 2.05) is 12.1 Å². The Morgan fingerprint density at radius 2 is 1.58 bits per heavy atom. The molecule has 0 aliphatic rings. The van der Waals surface area contributed by atoms with Gasteiger partial charge in [-0.25, -0.2) is 4.39 Å². The quantitative estimate of drug-likeness (QED) is 0.751. The highest BCUT2D eigenvalue weighted by atomic mass is 19.1. The van der Waals surface area contributed by atoms with Crippen molar-refractivity contribution in [3.05, 3.63) is 35.6 Å². The molecule has 0 heterocycles. The van der Waals surface area contributed by atoms with Crippen molar-refractivity contribution in [2.45, 2.75) is 60.0 Å². The molecular formula is C17H28FN. The molecule has 19 heavy (non-hydrogen) atoms. The van der Waals surface area contributed by atoms with Crippen LogP contribution in [0.3, 0.4) is 0 Å². The first-order valence-corrected chi connectivity index (χ1v) is 7.08. The number of hydrogen-bond donors (Lipinski definition) is 0. The van der Waals surface area contributed by atoms with Crippen molar-refractivity contribution < 1.29 is 4.39 Å². The number of nitrogens with zero attached hydrogens (tertiary/aromatic N) is 1. The lowest BCUT2D eigenvalue weighted by Crippen LogP contribution is -2.42. The molecule has 108 valence electrons. The summed E-state index contributed by atoms with van der Waals surface area (Å²) in [5.74, 6) is -0.104. The third-order valence-electron chi connectivity index (χ3n) is 3.40. The molecule has 1 nitrogen and oxygen atoms in total. The smallest absolute Gasteiger partial charge is 0.127 e. The summed E-state index contributed by atoms with van der Waals surface area (Å²) in [4.78, 5) is 2.36. The van der Waals surface area contributed by atoms with Crippen molar-refractivity contribution in [2.75, 3.05) is 6.54 Å². The zero-order valence-electron chi connectivity index (χ0n) is 13.3. The van der Waals surface area contributed by atoms with Crippen LogP contribution in [-0.2, 0) is 6.54 Å². The van der Waals surface area contributed by atoms with Crippen LogP contribution in [0.1, 0.15) is 53.5 Å². The van der Waals surface area contributed by atoms with E-state index in [4.69, 9.17) is 0 Å². The SMILES string of the molecule is CC(C)(C)CCN(Cc1ccccc1F)C(C)(C)C. The molecule has 0 saturated carbocycles. The molecule has 2 heteroatoms. The molecule has 0 fully saturated rings. The van der Waals surface area contributed by atoms with Gasteiger partial charge in [-0.05, 0) is 45.2 Å². The maximum atomic E-state index is 13.8. The number of benzene rings is 1. The fraction of sp³-hybridized carbons (Fsp3) is 0.647. The summed E-state index contributed by atoms with van der Waals surface area (Å²) in [5.41, 5.74) is 1.14. The Labute approximate surface area is 117 Å². The van der Waals surface area contributed by atoms with Crippen LogP contribution < -0.4 is 0 Å². The molecular weight excluding hydrogens is 237 g/mol. The predicted octanol–water partition coefficient (Wildman–Crippen LogP) is 4.86. The van der Waals surface area contributed by atoms with Gasteiger partial charge in [0.1, 0.15) is 5.82 Å². The van der Waals surface area contributed by atoms with Gasteiger partial charge in [-0.1, -0.05) is 39.0 Å². The summed E-state index contributed by atoms with van der Waals surface area (Å²) in [6, 6.07) is 7.07. The van der Waals surface area contributed by atoms with E-state index in [0.29, 0.717) is 12.0 Å². The van der Waals surface area contributed by atoms with Gasteiger partial charge in [-0.3, -0.25) is 4.90 Å². The highest BCUT2D eigenvalue weighted by molar-refractivity contribution is 5.17. The molecule has 1 aromatic rings. The van der Waals surface area contributed by atoms with Gasteiger partial charge in [0, 0.05) is 17.6 Å². The minimum atomic E-state index is -0.104. The fourth-order valence-corrected chi connectivity index (χ4v) is 1.95. The topological polar surface area (TPSA) is 3.24 Å².